The summed E-state index contributed by atoms with van der Waals surface area (Å²) in [5.41, 5.74) is 4.52. The Kier molecular flexibility index (Phi) is 11.1. The fourth-order valence-electron chi connectivity index (χ4n) is 4.00. The number of carbonyl (C=O) groups excluding carboxylic acids is 1. The Labute approximate surface area is 219 Å². The Bertz CT molecular complexity index is 1100. The summed E-state index contributed by atoms with van der Waals surface area (Å²) in [5, 5.41) is 13.4. The molecule has 35 heavy (non-hydrogen) atoms. The standard InChI is InChI=1S/C28H37ClN4OS/c1-4-5-6-7-8-9-10-15-27(34)30-19-26-31-32-28(35-20-23-14-12-11-13-21(23)2)33(26)25-18-24(29)17-16-22(25)3/h11-14,16-18H,4-10,15,19-20H2,1-3H3,(H,30,34). The number of nitrogens with zero attached hydrogens (tertiary/aromatic N) is 3. The van der Waals surface area contributed by atoms with Crippen LogP contribution in [0.25, 0.3) is 5.69 Å². The molecule has 0 saturated carbocycles. The van der Waals surface area contributed by atoms with Crippen LogP contribution in [0.15, 0.2) is 47.6 Å². The molecule has 1 aromatic heterocycles. The van der Waals surface area contributed by atoms with E-state index >= 15 is 0 Å². The van der Waals surface area contributed by atoms with Crippen molar-refractivity contribution in [2.24, 2.45) is 0 Å². The fraction of sp³-hybridized carbons (Fsp3) is 0.464. The highest BCUT2D eigenvalue weighted by atomic mass is 35.5. The number of hydrogen-bond donors (Lipinski definition) is 1. The molecule has 0 fully saturated rings. The van der Waals surface area contributed by atoms with Crippen LogP contribution >= 0.6 is 23.4 Å². The summed E-state index contributed by atoms with van der Waals surface area (Å²) in [6.45, 7) is 6.72. The molecule has 2 aromatic carbocycles. The highest BCUT2D eigenvalue weighted by Gasteiger charge is 2.17. The minimum atomic E-state index is 0.0602. The molecule has 5 nitrogen and oxygen atoms in total. The summed E-state index contributed by atoms with van der Waals surface area (Å²) in [4.78, 5) is 12.5. The lowest BCUT2D eigenvalue weighted by Gasteiger charge is -2.14. The van der Waals surface area contributed by atoms with Crippen molar-refractivity contribution in [1.82, 2.24) is 20.1 Å². The van der Waals surface area contributed by atoms with Crippen molar-refractivity contribution in [2.75, 3.05) is 0 Å². The zero-order chi connectivity index (χ0) is 25.0. The Balaban J connectivity index is 1.66. The molecule has 0 atom stereocenters. The van der Waals surface area contributed by atoms with Crippen molar-refractivity contribution in [2.45, 2.75) is 89.6 Å². The monoisotopic (exact) mass is 512 g/mol. The number of aromatic nitrogens is 3. The number of amides is 1. The molecule has 0 saturated heterocycles. The van der Waals surface area contributed by atoms with E-state index in [0.717, 1.165) is 35.0 Å². The second-order valence-electron chi connectivity index (χ2n) is 9.03. The maximum Gasteiger partial charge on any atom is 0.220 e. The molecule has 0 aliphatic rings. The zero-order valence-electron chi connectivity index (χ0n) is 21.1. The van der Waals surface area contributed by atoms with Crippen molar-refractivity contribution in [3.05, 3.63) is 70.0 Å². The van der Waals surface area contributed by atoms with Crippen molar-refractivity contribution in [3.8, 4) is 5.69 Å². The van der Waals surface area contributed by atoms with Crippen LogP contribution in [-0.4, -0.2) is 20.7 Å². The first kappa shape index (κ1) is 27.3. The molecule has 0 aliphatic heterocycles. The number of nitrogens with one attached hydrogen (secondary N) is 1. The van der Waals surface area contributed by atoms with E-state index in [0.29, 0.717) is 23.8 Å². The van der Waals surface area contributed by atoms with E-state index in [4.69, 9.17) is 11.6 Å². The normalized spacial score (nSPS) is 11.1. The highest BCUT2D eigenvalue weighted by molar-refractivity contribution is 7.98. The summed E-state index contributed by atoms with van der Waals surface area (Å²) in [6, 6.07) is 14.2. The molecule has 0 bridgehead atoms. The Morgan fingerprint density at radius 2 is 1.71 bits per heavy atom. The topological polar surface area (TPSA) is 59.8 Å². The fourth-order valence-corrected chi connectivity index (χ4v) is 5.20. The molecular weight excluding hydrogens is 476 g/mol. The van der Waals surface area contributed by atoms with Gasteiger partial charge in [-0.2, -0.15) is 0 Å². The molecule has 188 valence electrons. The number of halogens is 1. The summed E-state index contributed by atoms with van der Waals surface area (Å²) in [7, 11) is 0. The minimum absolute atomic E-state index is 0.0602. The van der Waals surface area contributed by atoms with E-state index in [1.165, 1.54) is 43.2 Å². The molecular formula is C28H37ClN4OS. The van der Waals surface area contributed by atoms with E-state index in [1.54, 1.807) is 11.8 Å². The molecule has 1 amide bonds. The Hall–Kier alpha value is -2.31. The summed E-state index contributed by atoms with van der Waals surface area (Å²) in [6.07, 6.45) is 8.91. The first-order valence-electron chi connectivity index (χ1n) is 12.6. The van der Waals surface area contributed by atoms with Crippen molar-refractivity contribution in [3.63, 3.8) is 0 Å². The van der Waals surface area contributed by atoms with Crippen molar-refractivity contribution < 1.29 is 4.79 Å². The molecule has 0 unspecified atom stereocenters. The second-order valence-corrected chi connectivity index (χ2v) is 10.4. The number of benzene rings is 2. The van der Waals surface area contributed by atoms with Crippen molar-refractivity contribution >= 4 is 29.3 Å². The molecule has 0 radical (unpaired) electrons. The van der Waals surface area contributed by atoms with E-state index in [1.807, 2.05) is 29.7 Å². The minimum Gasteiger partial charge on any atom is -0.349 e. The Morgan fingerprint density at radius 3 is 2.49 bits per heavy atom. The maximum absolute atomic E-state index is 12.5. The SMILES string of the molecule is CCCCCCCCCC(=O)NCc1nnc(SCc2ccccc2C)n1-c1cc(Cl)ccc1C. The van der Waals surface area contributed by atoms with Gasteiger partial charge in [0.05, 0.1) is 12.2 Å². The highest BCUT2D eigenvalue weighted by Crippen LogP contribution is 2.29. The van der Waals surface area contributed by atoms with Crippen LogP contribution in [-0.2, 0) is 17.1 Å². The van der Waals surface area contributed by atoms with Crippen LogP contribution in [0, 0.1) is 13.8 Å². The average molecular weight is 513 g/mol. The van der Waals surface area contributed by atoms with Crippen LogP contribution < -0.4 is 5.32 Å². The summed E-state index contributed by atoms with van der Waals surface area (Å²) < 4.78 is 2.03. The molecule has 0 spiro atoms. The molecule has 7 heteroatoms. The van der Waals surface area contributed by atoms with Crippen LogP contribution in [0.2, 0.25) is 5.02 Å². The van der Waals surface area contributed by atoms with Crippen molar-refractivity contribution in [1.29, 1.82) is 0 Å². The number of unbranched alkanes of at least 4 members (excludes halogenated alkanes) is 6. The van der Waals surface area contributed by atoms with Gasteiger partial charge in [0.25, 0.3) is 0 Å². The molecule has 3 rings (SSSR count). The van der Waals surface area contributed by atoms with Crippen LogP contribution in [0.3, 0.4) is 0 Å². The number of carbonyl (C=O) groups is 1. The average Bonchev–Trinajstić information content (AvgIpc) is 3.25. The quantitative estimate of drug-likeness (QED) is 0.178. The first-order chi connectivity index (χ1) is 17.0. The lowest BCUT2D eigenvalue weighted by Crippen LogP contribution is -2.24. The first-order valence-corrected chi connectivity index (χ1v) is 14.0. The van der Waals surface area contributed by atoms with E-state index in [-0.39, 0.29) is 5.91 Å². The van der Waals surface area contributed by atoms with Gasteiger partial charge in [-0.1, -0.05) is 99.1 Å². The maximum atomic E-state index is 12.5. The van der Waals surface area contributed by atoms with Gasteiger partial charge >= 0.3 is 0 Å². The molecule has 0 aliphatic carbocycles. The number of aryl methyl sites for hydroxylation is 2. The zero-order valence-corrected chi connectivity index (χ0v) is 22.7. The van der Waals surface area contributed by atoms with E-state index < -0.39 is 0 Å². The Morgan fingerprint density at radius 1 is 0.971 bits per heavy atom. The lowest BCUT2D eigenvalue weighted by molar-refractivity contribution is -0.121. The number of thioether (sulfide) groups is 1. The smallest absolute Gasteiger partial charge is 0.220 e. The van der Waals surface area contributed by atoms with Crippen LogP contribution in [0.4, 0.5) is 0 Å². The summed E-state index contributed by atoms with van der Waals surface area (Å²) in [5.74, 6) is 1.55. The van der Waals surface area contributed by atoms with Gasteiger partial charge in [-0.3, -0.25) is 9.36 Å². The number of hydrogen-bond acceptors (Lipinski definition) is 4. The second kappa shape index (κ2) is 14.3. The van der Waals surface area contributed by atoms with Gasteiger partial charge < -0.3 is 5.32 Å². The van der Waals surface area contributed by atoms with Crippen LogP contribution in [0.1, 0.15) is 80.8 Å². The predicted molar refractivity (Wildman–Crippen MR) is 146 cm³/mol. The van der Waals surface area contributed by atoms with Gasteiger partial charge in [-0.05, 0) is 49.1 Å². The third-order valence-electron chi connectivity index (χ3n) is 6.18. The van der Waals surface area contributed by atoms with Crippen LogP contribution in [0.5, 0.6) is 0 Å². The van der Waals surface area contributed by atoms with Gasteiger partial charge in [0, 0.05) is 17.2 Å². The lowest BCUT2D eigenvalue weighted by atomic mass is 10.1. The van der Waals surface area contributed by atoms with Gasteiger partial charge in [-0.15, -0.1) is 10.2 Å². The molecule has 1 N–H and O–H groups in total. The van der Waals surface area contributed by atoms with Gasteiger partial charge in [0.15, 0.2) is 11.0 Å². The largest absolute Gasteiger partial charge is 0.349 e. The van der Waals surface area contributed by atoms with Gasteiger partial charge in [0.2, 0.25) is 5.91 Å². The van der Waals surface area contributed by atoms with E-state index in [2.05, 4.69) is 53.6 Å². The van der Waals surface area contributed by atoms with Gasteiger partial charge in [-0.25, -0.2) is 0 Å². The third-order valence-corrected chi connectivity index (χ3v) is 7.39. The van der Waals surface area contributed by atoms with Gasteiger partial charge in [0.1, 0.15) is 0 Å². The van der Waals surface area contributed by atoms with E-state index in [9.17, 15) is 4.79 Å². The predicted octanol–water partition coefficient (Wildman–Crippen LogP) is 7.59. The molecule has 1 heterocycles. The number of rotatable bonds is 14. The summed E-state index contributed by atoms with van der Waals surface area (Å²) >= 11 is 7.98. The molecule has 3 aromatic rings. The third kappa shape index (κ3) is 8.39.